The number of ether oxygens (including phenoxy) is 1. The molecule has 102 valence electrons. The smallest absolute Gasteiger partial charge is 0.123 e. The van der Waals surface area contributed by atoms with Crippen molar-refractivity contribution in [3.8, 4) is 5.75 Å². The Morgan fingerprint density at radius 2 is 1.78 bits per heavy atom. The van der Waals surface area contributed by atoms with Crippen LogP contribution in [0, 0.1) is 5.92 Å². The molecule has 1 aromatic carbocycles. The van der Waals surface area contributed by atoms with Crippen molar-refractivity contribution in [3.63, 3.8) is 0 Å². The van der Waals surface area contributed by atoms with E-state index in [-0.39, 0.29) is 0 Å². The van der Waals surface area contributed by atoms with Crippen LogP contribution in [0.25, 0.3) is 0 Å². The second-order valence-corrected chi connectivity index (χ2v) is 5.56. The van der Waals surface area contributed by atoms with Crippen molar-refractivity contribution in [3.05, 3.63) is 29.8 Å². The fourth-order valence-corrected chi connectivity index (χ4v) is 2.00. The van der Waals surface area contributed by atoms with E-state index < -0.39 is 0 Å². The number of para-hydroxylation sites is 1. The van der Waals surface area contributed by atoms with Crippen LogP contribution in [-0.2, 0) is 6.54 Å². The van der Waals surface area contributed by atoms with E-state index in [1.807, 2.05) is 12.1 Å². The first-order chi connectivity index (χ1) is 8.54. The van der Waals surface area contributed by atoms with Gasteiger partial charge >= 0.3 is 0 Å². The van der Waals surface area contributed by atoms with Crippen LogP contribution in [0.15, 0.2) is 24.3 Å². The van der Waals surface area contributed by atoms with Crippen LogP contribution in [0.5, 0.6) is 5.75 Å². The van der Waals surface area contributed by atoms with E-state index in [9.17, 15) is 0 Å². The third kappa shape index (κ3) is 4.69. The molecule has 18 heavy (non-hydrogen) atoms. The minimum absolute atomic E-state index is 0.564. The Morgan fingerprint density at radius 3 is 2.33 bits per heavy atom. The summed E-state index contributed by atoms with van der Waals surface area (Å²) in [6.45, 7) is 11.2. The van der Waals surface area contributed by atoms with E-state index in [2.05, 4.69) is 44.7 Å². The first-order valence-electron chi connectivity index (χ1n) is 6.90. The van der Waals surface area contributed by atoms with E-state index in [1.54, 1.807) is 7.11 Å². The van der Waals surface area contributed by atoms with Crippen LogP contribution in [0.1, 0.15) is 39.7 Å². The zero-order valence-electron chi connectivity index (χ0n) is 12.4. The molecular formula is C16H27NO. The van der Waals surface area contributed by atoms with Crippen molar-refractivity contribution in [2.24, 2.45) is 5.92 Å². The molecule has 0 aliphatic heterocycles. The van der Waals surface area contributed by atoms with Crippen LogP contribution in [0.3, 0.4) is 0 Å². The summed E-state index contributed by atoms with van der Waals surface area (Å²) in [7, 11) is 1.74. The molecule has 0 fully saturated rings. The van der Waals surface area contributed by atoms with Gasteiger partial charge in [0, 0.05) is 18.2 Å². The Labute approximate surface area is 112 Å². The average molecular weight is 249 g/mol. The molecule has 0 radical (unpaired) electrons. The molecule has 0 aliphatic rings. The van der Waals surface area contributed by atoms with Crippen molar-refractivity contribution in [1.29, 1.82) is 0 Å². The van der Waals surface area contributed by atoms with E-state index in [1.165, 1.54) is 12.0 Å². The van der Waals surface area contributed by atoms with E-state index in [4.69, 9.17) is 4.74 Å². The summed E-state index contributed by atoms with van der Waals surface area (Å²) < 4.78 is 5.42. The van der Waals surface area contributed by atoms with Crippen LogP contribution >= 0.6 is 0 Å². The van der Waals surface area contributed by atoms with Gasteiger partial charge in [0.25, 0.3) is 0 Å². The minimum Gasteiger partial charge on any atom is -0.496 e. The first kappa shape index (κ1) is 15.0. The molecule has 0 heterocycles. The summed E-state index contributed by atoms with van der Waals surface area (Å²) in [4.78, 5) is 2.51. The maximum atomic E-state index is 5.42. The second kappa shape index (κ2) is 7.42. The summed E-state index contributed by atoms with van der Waals surface area (Å²) in [6, 6.07) is 8.86. The lowest BCUT2D eigenvalue weighted by Crippen LogP contribution is -2.32. The van der Waals surface area contributed by atoms with Gasteiger partial charge in [0.1, 0.15) is 5.75 Å². The molecular weight excluding hydrogens is 222 g/mol. The number of hydrogen-bond donors (Lipinski definition) is 0. The SMILES string of the molecule is COc1ccccc1CN(CCC(C)C)C(C)C. The fourth-order valence-electron chi connectivity index (χ4n) is 2.00. The van der Waals surface area contributed by atoms with E-state index in [0.29, 0.717) is 6.04 Å². The number of rotatable bonds is 7. The maximum absolute atomic E-state index is 5.42. The number of nitrogens with zero attached hydrogens (tertiary/aromatic N) is 1. The van der Waals surface area contributed by atoms with E-state index >= 15 is 0 Å². The highest BCUT2D eigenvalue weighted by Gasteiger charge is 2.13. The Balaban J connectivity index is 2.70. The van der Waals surface area contributed by atoms with Gasteiger partial charge in [0.15, 0.2) is 0 Å². The summed E-state index contributed by atoms with van der Waals surface area (Å²) in [6.07, 6.45) is 1.24. The molecule has 1 rings (SSSR count). The summed E-state index contributed by atoms with van der Waals surface area (Å²) in [5, 5.41) is 0. The highest BCUT2D eigenvalue weighted by atomic mass is 16.5. The quantitative estimate of drug-likeness (QED) is 0.725. The fraction of sp³-hybridized carbons (Fsp3) is 0.625. The van der Waals surface area contributed by atoms with Gasteiger partial charge in [0.05, 0.1) is 7.11 Å². The number of benzene rings is 1. The van der Waals surface area contributed by atoms with Gasteiger partial charge in [-0.25, -0.2) is 0 Å². The molecule has 0 aliphatic carbocycles. The molecule has 2 nitrogen and oxygen atoms in total. The lowest BCUT2D eigenvalue weighted by Gasteiger charge is -2.27. The molecule has 0 unspecified atom stereocenters. The number of methoxy groups -OCH3 is 1. The molecule has 1 aromatic rings. The Bertz CT molecular complexity index is 347. The van der Waals surface area contributed by atoms with Gasteiger partial charge in [0.2, 0.25) is 0 Å². The minimum atomic E-state index is 0.564. The highest BCUT2D eigenvalue weighted by molar-refractivity contribution is 5.33. The largest absolute Gasteiger partial charge is 0.496 e. The van der Waals surface area contributed by atoms with Gasteiger partial charge in [-0.2, -0.15) is 0 Å². The summed E-state index contributed by atoms with van der Waals surface area (Å²) in [5.74, 6) is 1.75. The molecule has 0 N–H and O–H groups in total. The molecule has 0 saturated heterocycles. The predicted octanol–water partition coefficient (Wildman–Crippen LogP) is 3.95. The normalized spacial score (nSPS) is 11.6. The van der Waals surface area contributed by atoms with Crippen LogP contribution < -0.4 is 4.74 Å². The zero-order valence-corrected chi connectivity index (χ0v) is 12.4. The van der Waals surface area contributed by atoms with Gasteiger partial charge in [-0.05, 0) is 38.8 Å². The Morgan fingerprint density at radius 1 is 1.11 bits per heavy atom. The van der Waals surface area contributed by atoms with Gasteiger partial charge in [-0.1, -0.05) is 32.0 Å². The summed E-state index contributed by atoms with van der Waals surface area (Å²) >= 11 is 0. The third-order valence-corrected chi connectivity index (χ3v) is 3.29. The molecule has 2 heteroatoms. The highest BCUT2D eigenvalue weighted by Crippen LogP contribution is 2.20. The van der Waals surface area contributed by atoms with Gasteiger partial charge in [-0.3, -0.25) is 4.90 Å². The molecule has 0 bridgehead atoms. The molecule has 0 saturated carbocycles. The van der Waals surface area contributed by atoms with Crippen molar-refractivity contribution in [1.82, 2.24) is 4.90 Å². The zero-order chi connectivity index (χ0) is 13.5. The molecule has 0 aromatic heterocycles. The Hall–Kier alpha value is -1.02. The molecule has 0 amide bonds. The monoisotopic (exact) mass is 249 g/mol. The predicted molar refractivity (Wildman–Crippen MR) is 78.0 cm³/mol. The topological polar surface area (TPSA) is 12.5 Å². The van der Waals surface area contributed by atoms with Crippen molar-refractivity contribution in [2.45, 2.75) is 46.7 Å². The third-order valence-electron chi connectivity index (χ3n) is 3.29. The van der Waals surface area contributed by atoms with Crippen molar-refractivity contribution < 1.29 is 4.74 Å². The lowest BCUT2D eigenvalue weighted by atomic mass is 10.1. The van der Waals surface area contributed by atoms with Gasteiger partial charge in [-0.15, -0.1) is 0 Å². The second-order valence-electron chi connectivity index (χ2n) is 5.56. The lowest BCUT2D eigenvalue weighted by molar-refractivity contribution is 0.198. The van der Waals surface area contributed by atoms with E-state index in [0.717, 1.165) is 24.8 Å². The van der Waals surface area contributed by atoms with Crippen LogP contribution in [0.4, 0.5) is 0 Å². The van der Waals surface area contributed by atoms with Crippen LogP contribution in [-0.4, -0.2) is 24.6 Å². The molecule has 0 atom stereocenters. The van der Waals surface area contributed by atoms with Crippen molar-refractivity contribution >= 4 is 0 Å². The summed E-state index contributed by atoms with van der Waals surface area (Å²) in [5.41, 5.74) is 1.28. The first-order valence-corrected chi connectivity index (χ1v) is 6.90. The molecule has 0 spiro atoms. The average Bonchev–Trinajstić information content (AvgIpc) is 2.34. The number of hydrogen-bond acceptors (Lipinski definition) is 2. The van der Waals surface area contributed by atoms with Crippen LogP contribution in [0.2, 0.25) is 0 Å². The Kier molecular flexibility index (Phi) is 6.20. The maximum Gasteiger partial charge on any atom is 0.123 e. The van der Waals surface area contributed by atoms with Gasteiger partial charge < -0.3 is 4.74 Å². The van der Waals surface area contributed by atoms with Crippen molar-refractivity contribution in [2.75, 3.05) is 13.7 Å². The standard InChI is InChI=1S/C16H27NO/c1-13(2)10-11-17(14(3)4)12-15-8-6-7-9-16(15)18-5/h6-9,13-14H,10-12H2,1-5H3.